The molecule has 0 saturated carbocycles. The smallest absolute Gasteiger partial charge is 0.416 e. The van der Waals surface area contributed by atoms with Crippen LogP contribution in [0.3, 0.4) is 0 Å². The van der Waals surface area contributed by atoms with E-state index < -0.39 is 29.5 Å². The number of imidazole rings is 1. The lowest BCUT2D eigenvalue weighted by Gasteiger charge is -2.24. The highest BCUT2D eigenvalue weighted by Crippen LogP contribution is 2.40. The molecule has 0 aliphatic carbocycles. The lowest BCUT2D eigenvalue weighted by Crippen LogP contribution is -2.32. The van der Waals surface area contributed by atoms with Gasteiger partial charge in [-0.3, -0.25) is 9.20 Å². The maximum atomic E-state index is 14.8. The number of carbonyl (C=O) groups is 1. The van der Waals surface area contributed by atoms with E-state index in [1.807, 2.05) is 0 Å². The number of anilines is 1. The Labute approximate surface area is 178 Å². The fraction of sp³-hybridized carbons (Fsp3) is 0.190. The molecule has 3 heterocycles. The van der Waals surface area contributed by atoms with Gasteiger partial charge >= 0.3 is 6.18 Å². The number of aromatic nitrogens is 3. The van der Waals surface area contributed by atoms with E-state index in [-0.39, 0.29) is 29.4 Å². The molecule has 164 valence electrons. The Balaban J connectivity index is 1.53. The van der Waals surface area contributed by atoms with Crippen LogP contribution in [0.2, 0.25) is 0 Å². The Morgan fingerprint density at radius 1 is 1.28 bits per heavy atom. The third-order valence-corrected chi connectivity index (χ3v) is 5.56. The van der Waals surface area contributed by atoms with Crippen molar-refractivity contribution in [3.63, 3.8) is 0 Å². The molecular weight excluding hydrogens is 430 g/mol. The number of nitrogens with two attached hydrogens (primary N) is 1. The second kappa shape index (κ2) is 6.81. The molecule has 0 radical (unpaired) electrons. The average molecular weight is 445 g/mol. The van der Waals surface area contributed by atoms with Crippen molar-refractivity contribution in [3.05, 3.63) is 65.2 Å². The van der Waals surface area contributed by atoms with Crippen LogP contribution in [0.25, 0.3) is 16.6 Å². The van der Waals surface area contributed by atoms with E-state index in [0.717, 1.165) is 18.2 Å². The second-order valence-electron chi connectivity index (χ2n) is 7.43. The lowest BCUT2D eigenvalue weighted by molar-refractivity contribution is -0.137. The van der Waals surface area contributed by atoms with Gasteiger partial charge in [0.25, 0.3) is 5.91 Å². The molecule has 1 atom stereocenters. The van der Waals surface area contributed by atoms with Gasteiger partial charge in [0.2, 0.25) is 5.95 Å². The normalized spacial score (nSPS) is 15.7. The zero-order chi connectivity index (χ0) is 22.8. The number of rotatable bonds is 2. The summed E-state index contributed by atoms with van der Waals surface area (Å²) in [7, 11) is 1.44. The van der Waals surface area contributed by atoms with Gasteiger partial charge in [-0.2, -0.15) is 13.2 Å². The molecule has 2 aromatic carbocycles. The van der Waals surface area contributed by atoms with Crippen LogP contribution in [0.4, 0.5) is 23.5 Å². The molecule has 32 heavy (non-hydrogen) atoms. The van der Waals surface area contributed by atoms with Gasteiger partial charge in [0.05, 0.1) is 22.7 Å². The van der Waals surface area contributed by atoms with Crippen LogP contribution < -0.4 is 10.5 Å². The van der Waals surface area contributed by atoms with Gasteiger partial charge in [0.15, 0.2) is 0 Å². The predicted octanol–water partition coefficient (Wildman–Crippen LogP) is 3.83. The molecule has 7 nitrogen and oxygen atoms in total. The number of halogens is 4. The van der Waals surface area contributed by atoms with E-state index in [1.54, 1.807) is 6.20 Å². The Morgan fingerprint density at radius 2 is 2.06 bits per heavy atom. The van der Waals surface area contributed by atoms with Crippen molar-refractivity contribution < 1.29 is 27.1 Å². The summed E-state index contributed by atoms with van der Waals surface area (Å²) in [5.74, 6) is -1.29. The van der Waals surface area contributed by atoms with Crippen molar-refractivity contribution >= 4 is 28.4 Å². The van der Waals surface area contributed by atoms with Crippen molar-refractivity contribution in [1.82, 2.24) is 19.3 Å². The maximum absolute atomic E-state index is 14.8. The molecule has 0 saturated heterocycles. The van der Waals surface area contributed by atoms with Gasteiger partial charge < -0.3 is 15.4 Å². The van der Waals surface area contributed by atoms with Crippen molar-refractivity contribution in [1.29, 1.82) is 0 Å². The summed E-state index contributed by atoms with van der Waals surface area (Å²) >= 11 is 0. The van der Waals surface area contributed by atoms with Crippen LogP contribution >= 0.6 is 0 Å². The number of ether oxygens (including phenoxy) is 1. The van der Waals surface area contributed by atoms with Crippen molar-refractivity contribution in [3.8, 4) is 5.75 Å². The number of hydrogen-bond donors (Lipinski definition) is 1. The minimum absolute atomic E-state index is 0.0437. The van der Waals surface area contributed by atoms with Crippen molar-refractivity contribution in [2.75, 3.05) is 19.4 Å². The summed E-state index contributed by atoms with van der Waals surface area (Å²) in [5.41, 5.74) is 5.86. The molecule has 0 spiro atoms. The highest BCUT2D eigenvalue weighted by molar-refractivity contribution is 6.02. The third kappa shape index (κ3) is 3.00. The summed E-state index contributed by atoms with van der Waals surface area (Å²) in [6.45, 7) is -0.0450. The third-order valence-electron chi connectivity index (χ3n) is 5.56. The summed E-state index contributed by atoms with van der Waals surface area (Å²) in [6.07, 6.45) is -1.41. The van der Waals surface area contributed by atoms with E-state index in [0.29, 0.717) is 16.6 Å². The van der Waals surface area contributed by atoms with E-state index in [4.69, 9.17) is 10.5 Å². The summed E-state index contributed by atoms with van der Waals surface area (Å²) in [5, 5.41) is 0.431. The lowest BCUT2D eigenvalue weighted by atomic mass is 10.0. The number of benzene rings is 2. The number of hydrogen-bond acceptors (Lipinski definition) is 5. The molecule has 2 N–H and O–H groups in total. The number of fused-ring (bicyclic) bond motifs is 4. The highest BCUT2D eigenvalue weighted by atomic mass is 19.4. The first kappa shape index (κ1) is 20.0. The molecule has 0 fully saturated rings. The number of nitrogen functional groups attached to an aromatic ring is 1. The minimum Gasteiger partial charge on any atom is -0.491 e. The Morgan fingerprint density at radius 3 is 2.81 bits per heavy atom. The van der Waals surface area contributed by atoms with E-state index in [2.05, 4.69) is 9.97 Å². The molecule has 4 aromatic rings. The Bertz CT molecular complexity index is 1400. The van der Waals surface area contributed by atoms with E-state index in [1.165, 1.54) is 34.7 Å². The molecule has 5 rings (SSSR count). The largest absolute Gasteiger partial charge is 0.491 e. The van der Waals surface area contributed by atoms with Crippen molar-refractivity contribution in [2.24, 2.45) is 0 Å². The van der Waals surface area contributed by atoms with Gasteiger partial charge in [-0.05, 0) is 18.2 Å². The molecular formula is C21H15F4N5O2. The first-order valence-corrected chi connectivity index (χ1v) is 9.48. The van der Waals surface area contributed by atoms with Crippen molar-refractivity contribution in [2.45, 2.75) is 12.2 Å². The summed E-state index contributed by atoms with van der Waals surface area (Å²) in [4.78, 5) is 22.7. The first-order valence-electron chi connectivity index (χ1n) is 9.48. The van der Waals surface area contributed by atoms with Crippen LogP contribution in [-0.4, -0.2) is 38.8 Å². The zero-order valence-electron chi connectivity index (χ0n) is 16.5. The maximum Gasteiger partial charge on any atom is 0.416 e. The molecule has 1 aliphatic heterocycles. The fourth-order valence-corrected chi connectivity index (χ4v) is 3.88. The molecule has 0 bridgehead atoms. The first-order chi connectivity index (χ1) is 15.1. The average Bonchev–Trinajstić information content (AvgIpc) is 3.39. The van der Waals surface area contributed by atoms with Gasteiger partial charge in [0.1, 0.15) is 23.8 Å². The van der Waals surface area contributed by atoms with E-state index in [9.17, 15) is 22.4 Å². The van der Waals surface area contributed by atoms with Gasteiger partial charge in [-0.15, -0.1) is 0 Å². The number of carbonyl (C=O) groups excluding carboxylic acids is 1. The summed E-state index contributed by atoms with van der Waals surface area (Å²) in [6, 6.07) is 4.89. The standard InChI is InChI=1S/C21H15F4N5O2/c1-29(16-9-32-17-6-10(21(23,24)25)2-3-11(16)17)19(31)12-7-13-15(8-14(12)22)28-20(26)30-5-4-27-18(13)30/h2-8,16H,9H2,1H3,(H2,26,28)/t16-/m1/s1. The monoisotopic (exact) mass is 445 g/mol. The topological polar surface area (TPSA) is 85.8 Å². The number of nitrogens with zero attached hydrogens (tertiary/aromatic N) is 4. The second-order valence-corrected chi connectivity index (χ2v) is 7.43. The van der Waals surface area contributed by atoms with Crippen LogP contribution in [0.5, 0.6) is 5.75 Å². The number of amides is 1. The van der Waals surface area contributed by atoms with Gasteiger partial charge in [-0.1, -0.05) is 6.07 Å². The van der Waals surface area contributed by atoms with Crippen LogP contribution in [0.15, 0.2) is 42.7 Å². The Hall–Kier alpha value is -3.89. The van der Waals surface area contributed by atoms with Crippen LogP contribution in [0, 0.1) is 5.82 Å². The van der Waals surface area contributed by atoms with Crippen LogP contribution in [0.1, 0.15) is 27.5 Å². The Kier molecular flexibility index (Phi) is 4.26. The van der Waals surface area contributed by atoms with Gasteiger partial charge in [0, 0.05) is 36.5 Å². The molecule has 1 aliphatic rings. The zero-order valence-corrected chi connectivity index (χ0v) is 16.5. The highest BCUT2D eigenvalue weighted by Gasteiger charge is 2.36. The molecule has 2 aromatic heterocycles. The SMILES string of the molecule is CN(C(=O)c1cc2c(cc1F)nc(N)n1ccnc21)[C@@H]1COc2cc(C(F)(F)F)ccc21. The quantitative estimate of drug-likeness (QED) is 0.474. The van der Waals surface area contributed by atoms with E-state index >= 15 is 0 Å². The molecule has 1 amide bonds. The fourth-order valence-electron chi connectivity index (χ4n) is 3.88. The minimum atomic E-state index is -4.51. The number of alkyl halides is 3. The number of likely N-dealkylation sites (N-methyl/N-ethyl adjacent to an activating group) is 1. The molecule has 0 unspecified atom stereocenters. The summed E-state index contributed by atoms with van der Waals surface area (Å²) < 4.78 is 60.6. The van der Waals surface area contributed by atoms with Gasteiger partial charge in [-0.25, -0.2) is 14.4 Å². The predicted molar refractivity (Wildman–Crippen MR) is 107 cm³/mol. The molecule has 11 heteroatoms. The van der Waals surface area contributed by atoms with Crippen LogP contribution in [-0.2, 0) is 6.18 Å².